The maximum atomic E-state index is 13.0. The standard InChI is InChI=1S/C15H19FN2O3/c1-10-7-12(16)4-5-13(10)17-14(20)15(21)18-6-2-3-11(8-18)9-19/h4-5,7,11,19H,2-3,6,8-9H2,1H3,(H,17,20). The Hall–Kier alpha value is -1.95. The van der Waals surface area contributed by atoms with Gasteiger partial charge < -0.3 is 15.3 Å². The van der Waals surface area contributed by atoms with Crippen LogP contribution in [0.2, 0.25) is 0 Å². The molecule has 1 heterocycles. The van der Waals surface area contributed by atoms with E-state index in [1.54, 1.807) is 6.92 Å². The van der Waals surface area contributed by atoms with Gasteiger partial charge in [0, 0.05) is 25.4 Å². The fourth-order valence-electron chi connectivity index (χ4n) is 2.49. The predicted octanol–water partition coefficient (Wildman–Crippen LogP) is 1.30. The minimum atomic E-state index is -0.733. The lowest BCUT2D eigenvalue weighted by atomic mass is 9.99. The summed E-state index contributed by atoms with van der Waals surface area (Å²) < 4.78 is 13.0. The number of amides is 2. The first-order valence-corrected chi connectivity index (χ1v) is 6.98. The van der Waals surface area contributed by atoms with Gasteiger partial charge >= 0.3 is 11.8 Å². The number of nitrogens with one attached hydrogen (secondary N) is 1. The molecule has 0 saturated carbocycles. The molecule has 0 aliphatic carbocycles. The van der Waals surface area contributed by atoms with E-state index in [-0.39, 0.29) is 12.5 Å². The van der Waals surface area contributed by atoms with Crippen LogP contribution < -0.4 is 5.32 Å². The van der Waals surface area contributed by atoms with Crippen molar-refractivity contribution in [3.05, 3.63) is 29.6 Å². The average molecular weight is 294 g/mol. The SMILES string of the molecule is Cc1cc(F)ccc1NC(=O)C(=O)N1CCCC(CO)C1. The molecule has 0 radical (unpaired) electrons. The minimum absolute atomic E-state index is 0.0163. The van der Waals surface area contributed by atoms with Crippen LogP contribution in [-0.2, 0) is 9.59 Å². The number of aryl methyl sites for hydroxylation is 1. The third-order valence-corrected chi connectivity index (χ3v) is 3.70. The van der Waals surface area contributed by atoms with Gasteiger partial charge in [0.05, 0.1) is 0 Å². The molecule has 5 nitrogen and oxygen atoms in total. The second-order valence-corrected chi connectivity index (χ2v) is 5.36. The molecule has 1 saturated heterocycles. The summed E-state index contributed by atoms with van der Waals surface area (Å²) in [4.78, 5) is 25.5. The minimum Gasteiger partial charge on any atom is -0.396 e. The molecule has 1 aromatic rings. The van der Waals surface area contributed by atoms with E-state index in [4.69, 9.17) is 5.11 Å². The number of aliphatic hydroxyl groups is 1. The van der Waals surface area contributed by atoms with Gasteiger partial charge in [-0.15, -0.1) is 0 Å². The first-order valence-electron chi connectivity index (χ1n) is 6.98. The highest BCUT2D eigenvalue weighted by atomic mass is 19.1. The molecule has 1 aliphatic rings. The molecule has 0 spiro atoms. The molecule has 0 aromatic heterocycles. The molecule has 1 unspecified atom stereocenters. The quantitative estimate of drug-likeness (QED) is 0.808. The zero-order chi connectivity index (χ0) is 15.4. The Morgan fingerprint density at radius 3 is 2.90 bits per heavy atom. The third kappa shape index (κ3) is 3.78. The fourth-order valence-corrected chi connectivity index (χ4v) is 2.49. The summed E-state index contributed by atoms with van der Waals surface area (Å²) in [6.45, 7) is 2.59. The molecule has 6 heteroatoms. The summed E-state index contributed by atoms with van der Waals surface area (Å²) in [5, 5.41) is 11.7. The van der Waals surface area contributed by atoms with Gasteiger partial charge in [-0.3, -0.25) is 9.59 Å². The van der Waals surface area contributed by atoms with Crippen molar-refractivity contribution in [2.24, 2.45) is 5.92 Å². The summed E-state index contributed by atoms with van der Waals surface area (Å²) in [5.41, 5.74) is 0.980. The summed E-state index contributed by atoms with van der Waals surface area (Å²) in [6.07, 6.45) is 1.64. The molecule has 1 aromatic carbocycles. The van der Waals surface area contributed by atoms with Gasteiger partial charge in [-0.1, -0.05) is 0 Å². The summed E-state index contributed by atoms with van der Waals surface area (Å²) in [7, 11) is 0. The number of rotatable bonds is 2. The Bertz CT molecular complexity index is 548. The lowest BCUT2D eigenvalue weighted by Crippen LogP contribution is -2.45. The van der Waals surface area contributed by atoms with Crippen molar-refractivity contribution in [3.63, 3.8) is 0 Å². The van der Waals surface area contributed by atoms with Gasteiger partial charge in [-0.25, -0.2) is 4.39 Å². The number of anilines is 1. The number of hydrogen-bond acceptors (Lipinski definition) is 3. The van der Waals surface area contributed by atoms with Gasteiger partial charge in [0.15, 0.2) is 0 Å². The highest BCUT2D eigenvalue weighted by molar-refractivity contribution is 6.39. The monoisotopic (exact) mass is 294 g/mol. The number of aliphatic hydroxyl groups excluding tert-OH is 1. The normalized spacial score (nSPS) is 18.4. The predicted molar refractivity (Wildman–Crippen MR) is 76.2 cm³/mol. The van der Waals surface area contributed by atoms with Gasteiger partial charge in [-0.2, -0.15) is 0 Å². The molecule has 2 N–H and O–H groups in total. The van der Waals surface area contributed by atoms with Crippen molar-refractivity contribution < 1.29 is 19.1 Å². The van der Waals surface area contributed by atoms with E-state index in [1.807, 2.05) is 0 Å². The zero-order valence-electron chi connectivity index (χ0n) is 11.9. The maximum Gasteiger partial charge on any atom is 0.313 e. The fraction of sp³-hybridized carbons (Fsp3) is 0.467. The molecule has 2 rings (SSSR count). The van der Waals surface area contributed by atoms with Crippen LogP contribution in [0.25, 0.3) is 0 Å². The van der Waals surface area contributed by atoms with Crippen molar-refractivity contribution in [1.82, 2.24) is 4.90 Å². The molecule has 1 fully saturated rings. The third-order valence-electron chi connectivity index (χ3n) is 3.70. The smallest absolute Gasteiger partial charge is 0.313 e. The highest BCUT2D eigenvalue weighted by Gasteiger charge is 2.27. The van der Waals surface area contributed by atoms with Crippen molar-refractivity contribution in [2.75, 3.05) is 25.0 Å². The number of hydrogen-bond donors (Lipinski definition) is 2. The van der Waals surface area contributed by atoms with Gasteiger partial charge in [0.1, 0.15) is 5.82 Å². The second kappa shape index (κ2) is 6.67. The van der Waals surface area contributed by atoms with E-state index in [0.717, 1.165) is 12.8 Å². The molecule has 1 atom stereocenters. The van der Waals surface area contributed by atoms with Crippen LogP contribution in [0.4, 0.5) is 10.1 Å². The van der Waals surface area contributed by atoms with Crippen molar-refractivity contribution in [1.29, 1.82) is 0 Å². The van der Waals surface area contributed by atoms with E-state index in [2.05, 4.69) is 5.32 Å². The van der Waals surface area contributed by atoms with E-state index in [1.165, 1.54) is 23.1 Å². The van der Waals surface area contributed by atoms with Gasteiger partial charge in [-0.05, 0) is 49.4 Å². The Kier molecular flexibility index (Phi) is 4.90. The first-order chi connectivity index (χ1) is 10.0. The zero-order valence-corrected chi connectivity index (χ0v) is 11.9. The second-order valence-electron chi connectivity index (χ2n) is 5.36. The summed E-state index contributed by atoms with van der Waals surface area (Å²) in [6, 6.07) is 3.96. The van der Waals surface area contributed by atoms with Gasteiger partial charge in [0.2, 0.25) is 0 Å². The highest BCUT2D eigenvalue weighted by Crippen LogP contribution is 2.18. The van der Waals surface area contributed by atoms with Crippen LogP contribution in [0.3, 0.4) is 0 Å². The molecular formula is C15H19FN2O3. The average Bonchev–Trinajstić information content (AvgIpc) is 2.49. The van der Waals surface area contributed by atoms with Crippen molar-refractivity contribution >= 4 is 17.5 Å². The van der Waals surface area contributed by atoms with E-state index >= 15 is 0 Å². The van der Waals surface area contributed by atoms with E-state index in [9.17, 15) is 14.0 Å². The maximum absolute atomic E-state index is 13.0. The van der Waals surface area contributed by atoms with Crippen LogP contribution in [0.1, 0.15) is 18.4 Å². The number of carbonyl (C=O) groups is 2. The first kappa shape index (κ1) is 15.4. The molecule has 114 valence electrons. The van der Waals surface area contributed by atoms with Gasteiger partial charge in [0.25, 0.3) is 0 Å². The molecule has 1 aliphatic heterocycles. The Labute approximate surface area is 122 Å². The number of nitrogens with zero attached hydrogens (tertiary/aromatic N) is 1. The topological polar surface area (TPSA) is 69.6 Å². The van der Waals surface area contributed by atoms with Crippen LogP contribution in [-0.4, -0.2) is 41.5 Å². The Morgan fingerprint density at radius 1 is 1.48 bits per heavy atom. The number of benzene rings is 1. The number of halogens is 1. The number of likely N-dealkylation sites (tertiary alicyclic amines) is 1. The summed E-state index contributed by atoms with van der Waals surface area (Å²) >= 11 is 0. The van der Waals surface area contributed by atoms with Crippen LogP contribution >= 0.6 is 0 Å². The lowest BCUT2D eigenvalue weighted by Gasteiger charge is -2.31. The molecular weight excluding hydrogens is 275 g/mol. The van der Waals surface area contributed by atoms with E-state index < -0.39 is 17.6 Å². The Balaban J connectivity index is 2.00. The molecule has 21 heavy (non-hydrogen) atoms. The molecule has 2 amide bonds. The van der Waals surface area contributed by atoms with Crippen molar-refractivity contribution in [2.45, 2.75) is 19.8 Å². The number of carbonyl (C=O) groups excluding carboxylic acids is 2. The van der Waals surface area contributed by atoms with Crippen LogP contribution in [0.5, 0.6) is 0 Å². The largest absolute Gasteiger partial charge is 0.396 e. The molecule has 0 bridgehead atoms. The van der Waals surface area contributed by atoms with Crippen LogP contribution in [0, 0.1) is 18.7 Å². The summed E-state index contributed by atoms with van der Waals surface area (Å²) in [5.74, 6) is -1.71. The van der Waals surface area contributed by atoms with Crippen LogP contribution in [0.15, 0.2) is 18.2 Å². The Morgan fingerprint density at radius 2 is 2.24 bits per heavy atom. The van der Waals surface area contributed by atoms with E-state index in [0.29, 0.717) is 24.3 Å². The van der Waals surface area contributed by atoms with Crippen molar-refractivity contribution in [3.8, 4) is 0 Å². The number of piperidine rings is 1. The lowest BCUT2D eigenvalue weighted by molar-refractivity contribution is -0.144.